The van der Waals surface area contributed by atoms with Crippen molar-refractivity contribution in [2.75, 3.05) is 0 Å². The normalized spacial score (nSPS) is 14.8. The molecular weight excluding hydrogens is 725 g/mol. The summed E-state index contributed by atoms with van der Waals surface area (Å²) in [7, 11) is 0. The van der Waals surface area contributed by atoms with E-state index in [1.54, 1.807) is 0 Å². The SMILES string of the molecule is NC(=NC(=NCc1ccccc1)c1ccccc1)C1=CC(C2=CCC(c3ccccc3-n3c4ccccc4c4ccccc43)=Cc3c2sc2ccccc32)=CCC=C1. The Hall–Kier alpha value is -7.08. The number of nitrogens with zero attached hydrogens (tertiary/aromatic N) is 3. The van der Waals surface area contributed by atoms with E-state index in [2.05, 4.69) is 150 Å². The molecule has 0 aliphatic heterocycles. The molecule has 0 atom stereocenters. The van der Waals surface area contributed by atoms with E-state index in [4.69, 9.17) is 15.7 Å². The monoisotopic (exact) mass is 764 g/mol. The molecule has 0 fully saturated rings. The molecule has 6 aromatic carbocycles. The van der Waals surface area contributed by atoms with Crippen LogP contribution in [0.5, 0.6) is 0 Å². The van der Waals surface area contributed by atoms with Crippen molar-refractivity contribution in [2.24, 2.45) is 15.7 Å². The van der Waals surface area contributed by atoms with E-state index in [9.17, 15) is 0 Å². The van der Waals surface area contributed by atoms with Gasteiger partial charge in [0.2, 0.25) is 0 Å². The van der Waals surface area contributed by atoms with Crippen molar-refractivity contribution in [3.05, 3.63) is 226 Å². The van der Waals surface area contributed by atoms with Crippen molar-refractivity contribution in [1.82, 2.24) is 4.57 Å². The van der Waals surface area contributed by atoms with Gasteiger partial charge in [-0.1, -0.05) is 158 Å². The van der Waals surface area contributed by atoms with E-state index < -0.39 is 0 Å². The first-order valence-corrected chi connectivity index (χ1v) is 20.6. The van der Waals surface area contributed by atoms with Crippen LogP contribution in [-0.4, -0.2) is 16.2 Å². The largest absolute Gasteiger partial charge is 0.383 e. The van der Waals surface area contributed by atoms with Gasteiger partial charge in [-0.15, -0.1) is 11.3 Å². The maximum atomic E-state index is 6.94. The number of thiophene rings is 1. The first-order chi connectivity index (χ1) is 28.7. The smallest absolute Gasteiger partial charge is 0.157 e. The second-order valence-electron chi connectivity index (χ2n) is 14.6. The third kappa shape index (κ3) is 6.66. The molecule has 4 nitrogen and oxygen atoms in total. The first kappa shape index (κ1) is 35.3. The standard InChI is InChI=1S/C53H40N4S/c54-52(56-53(37-19-5-2-6-20-37)55-35-36-17-3-1-4-18-36)40-22-8-7-21-38(33-40)42-32-31-39(34-46-45-26-12-16-30-50(45)58-51(42)46)41-23-9-13-27-47(41)57-48-28-14-10-24-43(48)44-25-11-15-29-49(44)57/h1-6,8-30,32-34H,7,31,35H2,(H2,54,55,56). The molecule has 2 aliphatic rings. The second kappa shape index (κ2) is 15.5. The molecule has 0 unspecified atom stereocenters. The molecule has 2 aliphatic carbocycles. The highest BCUT2D eigenvalue weighted by molar-refractivity contribution is 7.20. The predicted molar refractivity (Wildman–Crippen MR) is 248 cm³/mol. The van der Waals surface area contributed by atoms with E-state index in [1.807, 2.05) is 59.9 Å². The number of para-hydroxylation sites is 3. The van der Waals surface area contributed by atoms with E-state index >= 15 is 0 Å². The maximum Gasteiger partial charge on any atom is 0.157 e. The number of nitrogens with two attached hydrogens (primary N) is 1. The number of fused-ring (bicyclic) bond motifs is 6. The zero-order valence-corrected chi connectivity index (χ0v) is 32.7. The third-order valence-corrected chi connectivity index (χ3v) is 12.2. The van der Waals surface area contributed by atoms with Crippen molar-refractivity contribution >= 4 is 72.1 Å². The van der Waals surface area contributed by atoms with Gasteiger partial charge in [-0.3, -0.25) is 4.99 Å². The number of allylic oxidation sites excluding steroid dienone is 7. The summed E-state index contributed by atoms with van der Waals surface area (Å²) in [6, 6.07) is 55.5. The first-order valence-electron chi connectivity index (χ1n) is 19.8. The van der Waals surface area contributed by atoms with Crippen molar-refractivity contribution in [3.63, 3.8) is 0 Å². The average molecular weight is 765 g/mol. The average Bonchev–Trinajstić information content (AvgIpc) is 3.59. The lowest BCUT2D eigenvalue weighted by Gasteiger charge is -2.15. The van der Waals surface area contributed by atoms with Gasteiger partial charge in [0.05, 0.1) is 23.3 Å². The molecule has 278 valence electrons. The highest BCUT2D eigenvalue weighted by Crippen LogP contribution is 2.45. The van der Waals surface area contributed by atoms with E-state index in [0.717, 1.165) is 35.1 Å². The molecule has 2 heterocycles. The Bertz CT molecular complexity index is 3020. The van der Waals surface area contributed by atoms with E-state index in [0.29, 0.717) is 18.2 Å². The fourth-order valence-electron chi connectivity index (χ4n) is 8.22. The summed E-state index contributed by atoms with van der Waals surface area (Å²) in [5.74, 6) is 1.05. The molecule has 10 rings (SSSR count). The molecule has 2 N–H and O–H groups in total. The zero-order chi connectivity index (χ0) is 38.8. The van der Waals surface area contributed by atoms with Crippen molar-refractivity contribution in [2.45, 2.75) is 19.4 Å². The summed E-state index contributed by atoms with van der Waals surface area (Å²) in [6.07, 6.45) is 15.2. The molecule has 2 aromatic heterocycles. The molecule has 0 bridgehead atoms. The Morgan fingerprint density at radius 1 is 0.655 bits per heavy atom. The molecule has 0 amide bonds. The number of hydrogen-bond donors (Lipinski definition) is 1. The Morgan fingerprint density at radius 2 is 1.31 bits per heavy atom. The number of aromatic nitrogens is 1. The number of aliphatic imine (C=N–C) groups is 2. The van der Waals surface area contributed by atoms with Crippen molar-refractivity contribution < 1.29 is 0 Å². The fraction of sp³-hybridized carbons (Fsp3) is 0.0566. The Balaban J connectivity index is 1.08. The van der Waals surface area contributed by atoms with Gasteiger partial charge >= 0.3 is 0 Å². The predicted octanol–water partition coefficient (Wildman–Crippen LogP) is 13.1. The summed E-state index contributed by atoms with van der Waals surface area (Å²) >= 11 is 1.86. The molecule has 0 spiro atoms. The zero-order valence-electron chi connectivity index (χ0n) is 31.9. The van der Waals surface area contributed by atoms with Gasteiger partial charge < -0.3 is 10.3 Å². The molecular formula is C53H40N4S. The summed E-state index contributed by atoms with van der Waals surface area (Å²) in [5.41, 5.74) is 19.5. The lowest BCUT2D eigenvalue weighted by Crippen LogP contribution is -2.17. The molecule has 8 aromatic rings. The number of benzene rings is 6. The topological polar surface area (TPSA) is 55.7 Å². The molecule has 0 saturated heterocycles. The van der Waals surface area contributed by atoms with Crippen LogP contribution in [0.15, 0.2) is 209 Å². The van der Waals surface area contributed by atoms with Gasteiger partial charge in [-0.25, -0.2) is 4.99 Å². The van der Waals surface area contributed by atoms with Crippen molar-refractivity contribution in [3.8, 4) is 5.69 Å². The Kier molecular flexibility index (Phi) is 9.42. The lowest BCUT2D eigenvalue weighted by molar-refractivity contribution is 1.06. The van der Waals surface area contributed by atoms with E-state index in [1.165, 1.54) is 64.7 Å². The highest BCUT2D eigenvalue weighted by atomic mass is 32.1. The summed E-state index contributed by atoms with van der Waals surface area (Å²) in [4.78, 5) is 11.2. The van der Waals surface area contributed by atoms with Crippen LogP contribution in [-0.2, 0) is 6.54 Å². The third-order valence-electron chi connectivity index (χ3n) is 11.0. The van der Waals surface area contributed by atoms with Crippen LogP contribution in [0.1, 0.15) is 40.0 Å². The molecule has 0 saturated carbocycles. The van der Waals surface area contributed by atoms with Gasteiger partial charge in [0.15, 0.2) is 5.84 Å². The quantitative estimate of drug-likeness (QED) is 0.127. The number of rotatable bonds is 7. The number of amidine groups is 2. The maximum absolute atomic E-state index is 6.94. The molecule has 0 radical (unpaired) electrons. The Morgan fingerprint density at radius 3 is 2.09 bits per heavy atom. The van der Waals surface area contributed by atoms with Gasteiger partial charge in [-0.2, -0.15) is 0 Å². The van der Waals surface area contributed by atoms with Gasteiger partial charge in [-0.05, 0) is 71.5 Å². The highest BCUT2D eigenvalue weighted by Gasteiger charge is 2.23. The van der Waals surface area contributed by atoms with Crippen LogP contribution in [0.4, 0.5) is 0 Å². The minimum absolute atomic E-state index is 0.435. The summed E-state index contributed by atoms with van der Waals surface area (Å²) < 4.78 is 3.71. The van der Waals surface area contributed by atoms with Crippen LogP contribution < -0.4 is 5.73 Å². The van der Waals surface area contributed by atoms with E-state index in [-0.39, 0.29) is 0 Å². The minimum atomic E-state index is 0.435. The number of hydrogen-bond acceptors (Lipinski definition) is 2. The second-order valence-corrected chi connectivity index (χ2v) is 15.7. The fourth-order valence-corrected chi connectivity index (χ4v) is 9.47. The molecule has 5 heteroatoms. The van der Waals surface area contributed by atoms with Gasteiger partial charge in [0, 0.05) is 48.0 Å². The van der Waals surface area contributed by atoms with Crippen LogP contribution >= 0.6 is 11.3 Å². The van der Waals surface area contributed by atoms with Crippen molar-refractivity contribution in [1.29, 1.82) is 0 Å². The van der Waals surface area contributed by atoms with Crippen LogP contribution in [0, 0.1) is 0 Å². The van der Waals surface area contributed by atoms with Gasteiger partial charge in [0.25, 0.3) is 0 Å². The van der Waals surface area contributed by atoms with Gasteiger partial charge in [0.1, 0.15) is 5.84 Å². The lowest BCUT2D eigenvalue weighted by atomic mass is 9.98. The van der Waals surface area contributed by atoms with Crippen LogP contribution in [0.25, 0.3) is 54.8 Å². The Labute approximate surface area is 342 Å². The summed E-state index contributed by atoms with van der Waals surface area (Å²) in [6.45, 7) is 0.513. The summed E-state index contributed by atoms with van der Waals surface area (Å²) in [5, 5.41) is 3.78. The van der Waals surface area contributed by atoms with Crippen LogP contribution in [0.2, 0.25) is 0 Å². The minimum Gasteiger partial charge on any atom is -0.383 e. The van der Waals surface area contributed by atoms with Crippen LogP contribution in [0.3, 0.4) is 0 Å². The molecule has 58 heavy (non-hydrogen) atoms.